The van der Waals surface area contributed by atoms with Crippen LogP contribution in [0.5, 0.6) is 0 Å². The molecule has 128 valence electrons. The molecule has 0 radical (unpaired) electrons. The van der Waals surface area contributed by atoms with E-state index in [4.69, 9.17) is 11.6 Å². The Labute approximate surface area is 153 Å². The first kappa shape index (κ1) is 16.0. The molecular formula is C18H13ClN6O. The molecule has 0 saturated carbocycles. The van der Waals surface area contributed by atoms with E-state index in [2.05, 4.69) is 25.9 Å². The second kappa shape index (κ2) is 6.81. The van der Waals surface area contributed by atoms with Crippen molar-refractivity contribution < 1.29 is 4.79 Å². The summed E-state index contributed by atoms with van der Waals surface area (Å²) in [5.74, 6) is 0.196. The Morgan fingerprint density at radius 3 is 2.54 bits per heavy atom. The van der Waals surface area contributed by atoms with Crippen molar-refractivity contribution in [1.82, 2.24) is 25.2 Å². The number of aromatic nitrogens is 4. The van der Waals surface area contributed by atoms with Crippen molar-refractivity contribution in [1.29, 1.82) is 0 Å². The van der Waals surface area contributed by atoms with E-state index >= 15 is 0 Å². The number of nitrogens with zero attached hydrogens (tertiary/aromatic N) is 4. The average Bonchev–Trinajstić information content (AvgIpc) is 3.12. The van der Waals surface area contributed by atoms with Crippen molar-refractivity contribution in [3.8, 4) is 5.69 Å². The molecule has 0 saturated heterocycles. The quantitative estimate of drug-likeness (QED) is 0.543. The van der Waals surface area contributed by atoms with Crippen LogP contribution in [0.2, 0.25) is 5.02 Å². The Morgan fingerprint density at radius 2 is 1.77 bits per heavy atom. The van der Waals surface area contributed by atoms with Crippen molar-refractivity contribution >= 4 is 34.4 Å². The van der Waals surface area contributed by atoms with Gasteiger partial charge in [0.05, 0.1) is 17.3 Å². The lowest BCUT2D eigenvalue weighted by Crippen LogP contribution is -2.29. The highest BCUT2D eigenvalue weighted by Crippen LogP contribution is 2.22. The van der Waals surface area contributed by atoms with E-state index in [0.29, 0.717) is 27.4 Å². The standard InChI is InChI=1S/C18H13ClN6O/c19-13-6-8-14(9-7-13)25-17-15(10-22-25)16(20-11-21-17)23-24-18(26)12-4-2-1-3-5-12/h1-11H,(H,24,26)(H,20,21,23). The number of halogens is 1. The highest BCUT2D eigenvalue weighted by Gasteiger charge is 2.12. The van der Waals surface area contributed by atoms with Crippen LogP contribution in [-0.2, 0) is 0 Å². The summed E-state index contributed by atoms with van der Waals surface area (Å²) in [5, 5.41) is 5.68. The Morgan fingerprint density at radius 1 is 1.00 bits per heavy atom. The van der Waals surface area contributed by atoms with Crippen LogP contribution in [0.3, 0.4) is 0 Å². The lowest BCUT2D eigenvalue weighted by Gasteiger charge is -2.08. The fourth-order valence-corrected chi connectivity index (χ4v) is 2.62. The Balaban J connectivity index is 1.61. The van der Waals surface area contributed by atoms with Crippen LogP contribution >= 0.6 is 11.6 Å². The molecule has 2 N–H and O–H groups in total. The number of fused-ring (bicyclic) bond motifs is 1. The topological polar surface area (TPSA) is 84.7 Å². The van der Waals surface area contributed by atoms with E-state index in [0.717, 1.165) is 5.69 Å². The predicted octanol–water partition coefficient (Wildman–Crippen LogP) is 3.23. The van der Waals surface area contributed by atoms with Crippen molar-refractivity contribution in [3.63, 3.8) is 0 Å². The van der Waals surface area contributed by atoms with Crippen molar-refractivity contribution in [2.24, 2.45) is 0 Å². The molecule has 26 heavy (non-hydrogen) atoms. The maximum Gasteiger partial charge on any atom is 0.269 e. The zero-order valence-electron chi connectivity index (χ0n) is 13.4. The second-order valence-corrected chi connectivity index (χ2v) is 5.87. The number of nitrogens with one attached hydrogen (secondary N) is 2. The molecule has 7 nitrogen and oxygen atoms in total. The molecule has 0 bridgehead atoms. The molecule has 0 unspecified atom stereocenters. The van der Waals surface area contributed by atoms with Gasteiger partial charge in [0.1, 0.15) is 6.33 Å². The summed E-state index contributed by atoms with van der Waals surface area (Å²) in [6, 6.07) is 16.2. The molecule has 1 amide bonds. The number of amides is 1. The maximum atomic E-state index is 12.2. The first-order valence-corrected chi connectivity index (χ1v) is 8.16. The van der Waals surface area contributed by atoms with Crippen LogP contribution in [-0.4, -0.2) is 25.7 Å². The van der Waals surface area contributed by atoms with E-state index in [9.17, 15) is 4.79 Å². The number of carbonyl (C=O) groups excluding carboxylic acids is 1. The van der Waals surface area contributed by atoms with Crippen LogP contribution in [0.4, 0.5) is 5.82 Å². The summed E-state index contributed by atoms with van der Waals surface area (Å²) < 4.78 is 1.68. The first-order chi connectivity index (χ1) is 12.7. The molecule has 4 aromatic rings. The molecule has 0 fully saturated rings. The highest BCUT2D eigenvalue weighted by molar-refractivity contribution is 6.30. The van der Waals surface area contributed by atoms with Crippen molar-refractivity contribution in [2.45, 2.75) is 0 Å². The molecule has 0 atom stereocenters. The second-order valence-electron chi connectivity index (χ2n) is 5.44. The molecule has 2 heterocycles. The molecule has 2 aromatic heterocycles. The van der Waals surface area contributed by atoms with Gasteiger partial charge >= 0.3 is 0 Å². The minimum atomic E-state index is -0.262. The maximum absolute atomic E-state index is 12.2. The summed E-state index contributed by atoms with van der Waals surface area (Å²) in [6.07, 6.45) is 3.05. The summed E-state index contributed by atoms with van der Waals surface area (Å²) in [4.78, 5) is 20.6. The van der Waals surface area contributed by atoms with E-state index in [-0.39, 0.29) is 5.91 Å². The zero-order chi connectivity index (χ0) is 17.9. The van der Waals surface area contributed by atoms with Gasteiger partial charge in [0.15, 0.2) is 11.5 Å². The third kappa shape index (κ3) is 3.07. The fourth-order valence-electron chi connectivity index (χ4n) is 2.49. The van der Waals surface area contributed by atoms with Gasteiger partial charge in [0, 0.05) is 10.6 Å². The summed E-state index contributed by atoms with van der Waals surface area (Å²) in [5.41, 5.74) is 7.44. The summed E-state index contributed by atoms with van der Waals surface area (Å²) >= 11 is 5.93. The molecule has 0 aliphatic rings. The Kier molecular flexibility index (Phi) is 4.20. The van der Waals surface area contributed by atoms with Gasteiger partial charge in [-0.05, 0) is 36.4 Å². The summed E-state index contributed by atoms with van der Waals surface area (Å²) in [6.45, 7) is 0. The molecule has 4 rings (SSSR count). The summed E-state index contributed by atoms with van der Waals surface area (Å²) in [7, 11) is 0. The van der Waals surface area contributed by atoms with Gasteiger partial charge in [-0.2, -0.15) is 5.10 Å². The Bertz CT molecular complexity index is 1060. The van der Waals surface area contributed by atoms with E-state index in [1.54, 1.807) is 47.3 Å². The third-order valence-electron chi connectivity index (χ3n) is 3.77. The number of benzene rings is 2. The van der Waals surface area contributed by atoms with Crippen LogP contribution in [0, 0.1) is 0 Å². The smallest absolute Gasteiger partial charge is 0.269 e. The average molecular weight is 365 g/mol. The number of rotatable bonds is 4. The lowest BCUT2D eigenvalue weighted by molar-refractivity contribution is 0.0962. The third-order valence-corrected chi connectivity index (χ3v) is 4.02. The number of hydrogen-bond donors (Lipinski definition) is 2. The van der Waals surface area contributed by atoms with Gasteiger partial charge in [0.25, 0.3) is 5.91 Å². The molecule has 2 aromatic carbocycles. The number of anilines is 1. The van der Waals surface area contributed by atoms with E-state index in [1.165, 1.54) is 6.33 Å². The monoisotopic (exact) mass is 364 g/mol. The van der Waals surface area contributed by atoms with E-state index < -0.39 is 0 Å². The number of carbonyl (C=O) groups is 1. The lowest BCUT2D eigenvalue weighted by atomic mass is 10.2. The molecule has 0 aliphatic heterocycles. The Hall–Kier alpha value is -3.45. The fraction of sp³-hybridized carbons (Fsp3) is 0. The molecule has 8 heteroatoms. The van der Waals surface area contributed by atoms with Crippen LogP contribution in [0.15, 0.2) is 67.1 Å². The van der Waals surface area contributed by atoms with Gasteiger partial charge in [-0.3, -0.25) is 15.6 Å². The number of hydrogen-bond acceptors (Lipinski definition) is 5. The highest BCUT2D eigenvalue weighted by atomic mass is 35.5. The SMILES string of the molecule is O=C(NNc1ncnc2c1cnn2-c1ccc(Cl)cc1)c1ccccc1. The van der Waals surface area contributed by atoms with E-state index in [1.807, 2.05) is 18.2 Å². The van der Waals surface area contributed by atoms with Gasteiger partial charge in [-0.25, -0.2) is 14.6 Å². The first-order valence-electron chi connectivity index (χ1n) is 7.78. The molecular weight excluding hydrogens is 352 g/mol. The van der Waals surface area contributed by atoms with Crippen LogP contribution in [0.25, 0.3) is 16.7 Å². The predicted molar refractivity (Wildman–Crippen MR) is 99.2 cm³/mol. The number of hydrazine groups is 1. The van der Waals surface area contributed by atoms with Gasteiger partial charge in [-0.1, -0.05) is 29.8 Å². The van der Waals surface area contributed by atoms with Gasteiger partial charge < -0.3 is 0 Å². The zero-order valence-corrected chi connectivity index (χ0v) is 14.2. The normalized spacial score (nSPS) is 10.7. The molecule has 0 spiro atoms. The van der Waals surface area contributed by atoms with Gasteiger partial charge in [-0.15, -0.1) is 0 Å². The van der Waals surface area contributed by atoms with Crippen LogP contribution < -0.4 is 10.9 Å². The van der Waals surface area contributed by atoms with Crippen molar-refractivity contribution in [3.05, 3.63) is 77.7 Å². The van der Waals surface area contributed by atoms with Crippen molar-refractivity contribution in [2.75, 3.05) is 5.43 Å². The largest absolute Gasteiger partial charge is 0.281 e. The van der Waals surface area contributed by atoms with Crippen LogP contribution in [0.1, 0.15) is 10.4 Å². The molecule has 0 aliphatic carbocycles. The van der Waals surface area contributed by atoms with Gasteiger partial charge in [0.2, 0.25) is 0 Å². The minimum absolute atomic E-state index is 0.262. The minimum Gasteiger partial charge on any atom is -0.281 e.